The molecule has 0 saturated carbocycles. The molecule has 2 heterocycles. The Morgan fingerprint density at radius 3 is 1.87 bits per heavy atom. The summed E-state index contributed by atoms with van der Waals surface area (Å²) in [4.78, 5) is 14.8. The highest BCUT2D eigenvalue weighted by Crippen LogP contribution is 2.44. The molecule has 0 spiro atoms. The summed E-state index contributed by atoms with van der Waals surface area (Å²) < 4.78 is 23.0. The van der Waals surface area contributed by atoms with E-state index in [-0.39, 0.29) is 11.6 Å². The van der Waals surface area contributed by atoms with Gasteiger partial charge in [-0.2, -0.15) is 0 Å². The van der Waals surface area contributed by atoms with Gasteiger partial charge in [-0.1, -0.05) is 103 Å². The fraction of sp³-hybridized carbons (Fsp3) is 0.315. The molecule has 0 aliphatic carbocycles. The van der Waals surface area contributed by atoms with Gasteiger partial charge >= 0.3 is 6.09 Å². The molecule has 0 radical (unpaired) electrons. The molecule has 2 unspecified atom stereocenters. The second kappa shape index (κ2) is 18.9. The summed E-state index contributed by atoms with van der Waals surface area (Å²) in [5, 5.41) is 14.1. The summed E-state index contributed by atoms with van der Waals surface area (Å²) in [5.41, 5.74) is 9.67. The number of amides is 1. The molecule has 5 aromatic rings. The van der Waals surface area contributed by atoms with Gasteiger partial charge in [-0.15, -0.1) is 0 Å². The smallest absolute Gasteiger partial charge is 0.415 e. The van der Waals surface area contributed by atoms with E-state index >= 15 is 0 Å². The normalized spacial score (nSPS) is 16.0. The molecule has 0 fully saturated rings. The van der Waals surface area contributed by atoms with E-state index in [1.165, 1.54) is 16.7 Å². The van der Waals surface area contributed by atoms with Crippen LogP contribution < -0.4 is 19.7 Å². The molecule has 0 aromatic heterocycles. The molecule has 0 bridgehead atoms. The van der Waals surface area contributed by atoms with Gasteiger partial charge in [0, 0.05) is 27.9 Å². The standard InChI is InChI=1S/C29H31NO2.C25H31NO4/c1-21(32-18-10-13-22-11-6-5-7-12-22)26-20-29(2,3)30-27-17-16-23(19-25(26)27)24-14-8-9-15-28(24)31-4;1-16(27)20-15-25(5,6)26(23(28)30-24(2,3)4)21-13-12-17(14-19(20)21)18-10-8-9-11-22(18)29-7/h5-17,19-21,30H,18H2,1-4H3;8-16,27H,1-7H3. The molecule has 2 aliphatic rings. The second-order valence-corrected chi connectivity index (χ2v) is 17.9. The Balaban J connectivity index is 0.000000207. The van der Waals surface area contributed by atoms with Gasteiger partial charge < -0.3 is 29.4 Å². The van der Waals surface area contributed by atoms with E-state index < -0.39 is 23.3 Å². The lowest BCUT2D eigenvalue weighted by Crippen LogP contribution is -2.51. The maximum atomic E-state index is 13.1. The molecular formula is C54H62N2O6. The molecule has 5 aromatic carbocycles. The van der Waals surface area contributed by atoms with Crippen LogP contribution in [-0.4, -0.2) is 60.9 Å². The summed E-state index contributed by atoms with van der Waals surface area (Å²) in [6.07, 6.45) is 7.26. The molecule has 1 amide bonds. The minimum Gasteiger partial charge on any atom is -0.496 e. The lowest BCUT2D eigenvalue weighted by atomic mass is 9.85. The molecule has 0 saturated heterocycles. The van der Waals surface area contributed by atoms with E-state index in [1.807, 2.05) is 120 Å². The van der Waals surface area contributed by atoms with Crippen LogP contribution in [0, 0.1) is 0 Å². The van der Waals surface area contributed by atoms with Crippen molar-refractivity contribution in [2.75, 3.05) is 31.0 Å². The highest BCUT2D eigenvalue weighted by Gasteiger charge is 2.40. The number of para-hydroxylation sites is 2. The maximum absolute atomic E-state index is 13.1. The van der Waals surface area contributed by atoms with Crippen LogP contribution in [0.15, 0.2) is 133 Å². The van der Waals surface area contributed by atoms with Crippen molar-refractivity contribution in [2.24, 2.45) is 0 Å². The molecule has 2 N–H and O–H groups in total. The SMILES string of the molecule is COc1ccccc1-c1ccc2c(c1)C(C(C)O)=CC(C)(C)N2C(=O)OC(C)(C)C.COc1ccccc1-c1ccc2c(c1)C(C(C)OCC=Cc1ccccc1)=CC(C)(C)N2. The first kappa shape index (κ1) is 45.4. The Hall–Kier alpha value is -6.09. The van der Waals surface area contributed by atoms with Crippen molar-refractivity contribution >= 4 is 34.7 Å². The van der Waals surface area contributed by atoms with Crippen molar-refractivity contribution in [3.05, 3.63) is 150 Å². The Labute approximate surface area is 368 Å². The first-order valence-electron chi connectivity index (χ1n) is 21.2. The van der Waals surface area contributed by atoms with Gasteiger partial charge in [-0.05, 0) is 127 Å². The van der Waals surface area contributed by atoms with Crippen LogP contribution in [0.2, 0.25) is 0 Å². The summed E-state index contributed by atoms with van der Waals surface area (Å²) >= 11 is 0. The average Bonchev–Trinajstić information content (AvgIpc) is 3.23. The van der Waals surface area contributed by atoms with Gasteiger partial charge in [0.2, 0.25) is 0 Å². The topological polar surface area (TPSA) is 89.5 Å². The van der Waals surface area contributed by atoms with Crippen LogP contribution in [0.25, 0.3) is 39.5 Å². The largest absolute Gasteiger partial charge is 0.496 e. The maximum Gasteiger partial charge on any atom is 0.415 e. The van der Waals surface area contributed by atoms with Gasteiger partial charge in [0.1, 0.15) is 17.1 Å². The molecule has 2 atom stereocenters. The molecule has 62 heavy (non-hydrogen) atoms. The molecular weight excluding hydrogens is 773 g/mol. The van der Waals surface area contributed by atoms with Crippen LogP contribution in [0.5, 0.6) is 11.5 Å². The number of hydrogen-bond donors (Lipinski definition) is 2. The van der Waals surface area contributed by atoms with E-state index in [1.54, 1.807) is 26.0 Å². The van der Waals surface area contributed by atoms with Crippen LogP contribution in [-0.2, 0) is 9.47 Å². The third-order valence-corrected chi connectivity index (χ3v) is 10.8. The van der Waals surface area contributed by atoms with Crippen molar-refractivity contribution in [1.29, 1.82) is 0 Å². The van der Waals surface area contributed by atoms with Crippen LogP contribution >= 0.6 is 0 Å². The van der Waals surface area contributed by atoms with E-state index in [0.29, 0.717) is 12.3 Å². The zero-order valence-electron chi connectivity index (χ0n) is 38.1. The number of methoxy groups -OCH3 is 2. The quantitative estimate of drug-likeness (QED) is 0.145. The molecule has 2 aliphatic heterocycles. The fourth-order valence-electron chi connectivity index (χ4n) is 8.00. The van der Waals surface area contributed by atoms with Gasteiger partial charge in [0.05, 0.1) is 49.8 Å². The third kappa shape index (κ3) is 10.7. The first-order valence-corrected chi connectivity index (χ1v) is 21.2. The predicted molar refractivity (Wildman–Crippen MR) is 256 cm³/mol. The first-order chi connectivity index (χ1) is 29.4. The van der Waals surface area contributed by atoms with Gasteiger partial charge in [-0.3, -0.25) is 4.90 Å². The summed E-state index contributed by atoms with van der Waals surface area (Å²) in [6, 6.07) is 38.6. The van der Waals surface area contributed by atoms with E-state index in [0.717, 1.165) is 50.6 Å². The number of nitrogens with one attached hydrogen (secondary N) is 1. The van der Waals surface area contributed by atoms with Crippen molar-refractivity contribution in [3.63, 3.8) is 0 Å². The Morgan fingerprint density at radius 1 is 0.726 bits per heavy atom. The summed E-state index contributed by atoms with van der Waals surface area (Å²) in [5.74, 6) is 1.64. The number of aliphatic hydroxyl groups excluding tert-OH is 1. The van der Waals surface area contributed by atoms with Crippen LogP contribution in [0.1, 0.15) is 79.0 Å². The number of nitrogens with zero attached hydrogens (tertiary/aromatic N) is 1. The second-order valence-electron chi connectivity index (χ2n) is 17.9. The molecule has 324 valence electrons. The number of aliphatic hydroxyl groups is 1. The van der Waals surface area contributed by atoms with Crippen molar-refractivity contribution in [2.45, 2.75) is 91.2 Å². The number of rotatable bonds is 10. The van der Waals surface area contributed by atoms with Crippen molar-refractivity contribution in [3.8, 4) is 33.8 Å². The van der Waals surface area contributed by atoms with E-state index in [4.69, 9.17) is 18.9 Å². The number of hydrogen-bond acceptors (Lipinski definition) is 7. The number of carbonyl (C=O) groups excluding carboxylic acids is 1. The van der Waals surface area contributed by atoms with E-state index in [2.05, 4.69) is 80.7 Å². The highest BCUT2D eigenvalue weighted by atomic mass is 16.6. The van der Waals surface area contributed by atoms with Crippen LogP contribution in [0.3, 0.4) is 0 Å². The Morgan fingerprint density at radius 2 is 1.29 bits per heavy atom. The van der Waals surface area contributed by atoms with Crippen molar-refractivity contribution < 1.29 is 28.8 Å². The third-order valence-electron chi connectivity index (χ3n) is 10.8. The monoisotopic (exact) mass is 834 g/mol. The molecule has 7 rings (SSSR count). The Kier molecular flexibility index (Phi) is 13.8. The van der Waals surface area contributed by atoms with Crippen molar-refractivity contribution in [1.82, 2.24) is 0 Å². The molecule has 8 nitrogen and oxygen atoms in total. The van der Waals surface area contributed by atoms with Crippen LogP contribution in [0.4, 0.5) is 16.2 Å². The predicted octanol–water partition coefficient (Wildman–Crippen LogP) is 12.7. The lowest BCUT2D eigenvalue weighted by molar-refractivity contribution is 0.0555. The van der Waals surface area contributed by atoms with Gasteiger partial charge in [0.25, 0.3) is 0 Å². The number of benzene rings is 5. The summed E-state index contributed by atoms with van der Waals surface area (Å²) in [6.45, 7) is 18.2. The van der Waals surface area contributed by atoms with Gasteiger partial charge in [-0.25, -0.2) is 4.79 Å². The number of ether oxygens (including phenoxy) is 4. The van der Waals surface area contributed by atoms with Gasteiger partial charge in [0.15, 0.2) is 0 Å². The lowest BCUT2D eigenvalue weighted by Gasteiger charge is -2.42. The minimum absolute atomic E-state index is 0.0385. The zero-order valence-corrected chi connectivity index (χ0v) is 38.1. The Bertz CT molecular complexity index is 2450. The number of carbonyl (C=O) groups is 1. The average molecular weight is 835 g/mol. The summed E-state index contributed by atoms with van der Waals surface area (Å²) in [7, 11) is 3.36. The zero-order chi connectivity index (χ0) is 44.8. The number of fused-ring (bicyclic) bond motifs is 2. The minimum atomic E-state index is -0.684. The van der Waals surface area contributed by atoms with E-state index in [9.17, 15) is 9.90 Å². The highest BCUT2D eigenvalue weighted by molar-refractivity contribution is 5.99. The fourth-order valence-corrected chi connectivity index (χ4v) is 8.00. The molecule has 8 heteroatoms. The number of anilines is 2.